The van der Waals surface area contributed by atoms with E-state index in [1.807, 2.05) is 13.8 Å². The van der Waals surface area contributed by atoms with Gasteiger partial charge in [-0.2, -0.15) is 4.98 Å². The quantitative estimate of drug-likeness (QED) is 0.822. The number of nitrogens with zero attached hydrogens (tertiary/aromatic N) is 2. The van der Waals surface area contributed by atoms with Crippen molar-refractivity contribution in [3.63, 3.8) is 0 Å². The molecule has 16 heavy (non-hydrogen) atoms. The highest BCUT2D eigenvalue weighted by atomic mass is 16.5. The molecule has 1 aromatic rings. The summed E-state index contributed by atoms with van der Waals surface area (Å²) in [6.45, 7) is 4.04. The van der Waals surface area contributed by atoms with Crippen molar-refractivity contribution >= 4 is 6.01 Å². The fraction of sp³-hybridized carbons (Fsp3) is 0.818. The van der Waals surface area contributed by atoms with Gasteiger partial charge in [0.1, 0.15) is 0 Å². The number of aliphatic hydroxyl groups excluding tert-OH is 1. The van der Waals surface area contributed by atoms with Crippen LogP contribution in [0.2, 0.25) is 0 Å². The molecule has 2 atom stereocenters. The van der Waals surface area contributed by atoms with Gasteiger partial charge in [0.15, 0.2) is 5.82 Å². The summed E-state index contributed by atoms with van der Waals surface area (Å²) >= 11 is 0. The fourth-order valence-electron chi connectivity index (χ4n) is 1.97. The van der Waals surface area contributed by atoms with Gasteiger partial charge in [-0.1, -0.05) is 31.8 Å². The number of rotatable bonds is 3. The van der Waals surface area contributed by atoms with Crippen LogP contribution >= 0.6 is 0 Å². The molecule has 0 unspecified atom stereocenters. The minimum atomic E-state index is -0.303. The molecular weight excluding hydrogens is 206 g/mol. The van der Waals surface area contributed by atoms with Crippen LogP contribution in [-0.2, 0) is 0 Å². The second-order valence-corrected chi connectivity index (χ2v) is 4.72. The molecule has 0 aliphatic heterocycles. The van der Waals surface area contributed by atoms with E-state index in [4.69, 9.17) is 4.52 Å². The second kappa shape index (κ2) is 4.82. The van der Waals surface area contributed by atoms with E-state index in [0.717, 1.165) is 25.7 Å². The van der Waals surface area contributed by atoms with Gasteiger partial charge < -0.3 is 14.9 Å². The monoisotopic (exact) mass is 225 g/mol. The zero-order valence-corrected chi connectivity index (χ0v) is 9.81. The largest absolute Gasteiger partial charge is 0.391 e. The minimum Gasteiger partial charge on any atom is -0.391 e. The molecule has 1 saturated carbocycles. The topological polar surface area (TPSA) is 71.2 Å². The molecule has 90 valence electrons. The van der Waals surface area contributed by atoms with Crippen LogP contribution < -0.4 is 5.32 Å². The van der Waals surface area contributed by atoms with E-state index in [-0.39, 0.29) is 18.1 Å². The van der Waals surface area contributed by atoms with Gasteiger partial charge in [-0.15, -0.1) is 0 Å². The first-order valence-electron chi connectivity index (χ1n) is 5.95. The first-order valence-corrected chi connectivity index (χ1v) is 5.95. The summed E-state index contributed by atoms with van der Waals surface area (Å²) in [6.07, 6.45) is 3.74. The van der Waals surface area contributed by atoms with Crippen molar-refractivity contribution in [1.29, 1.82) is 0 Å². The van der Waals surface area contributed by atoms with Crippen molar-refractivity contribution in [2.45, 2.75) is 57.6 Å². The highest BCUT2D eigenvalue weighted by molar-refractivity contribution is 5.22. The number of aliphatic hydroxyl groups is 1. The van der Waals surface area contributed by atoms with Crippen molar-refractivity contribution in [2.24, 2.45) is 0 Å². The Balaban J connectivity index is 1.97. The van der Waals surface area contributed by atoms with E-state index in [1.165, 1.54) is 0 Å². The van der Waals surface area contributed by atoms with Crippen LogP contribution in [0.5, 0.6) is 0 Å². The molecular formula is C11H19N3O2. The van der Waals surface area contributed by atoms with E-state index >= 15 is 0 Å². The van der Waals surface area contributed by atoms with Crippen LogP contribution in [0.4, 0.5) is 6.01 Å². The Kier molecular flexibility index (Phi) is 3.43. The van der Waals surface area contributed by atoms with Gasteiger partial charge in [-0.3, -0.25) is 0 Å². The standard InChI is InChI=1S/C11H19N3O2/c1-7(2)10-13-11(16-14-10)12-8-5-3-4-6-9(8)15/h7-9,15H,3-6H2,1-2H3,(H,12,13,14)/t8-,9-/m0/s1. The third-order valence-electron chi connectivity index (χ3n) is 3.00. The van der Waals surface area contributed by atoms with Crippen LogP contribution in [0.25, 0.3) is 0 Å². The van der Waals surface area contributed by atoms with Gasteiger partial charge in [0.25, 0.3) is 0 Å². The highest BCUT2D eigenvalue weighted by Gasteiger charge is 2.24. The minimum absolute atomic E-state index is 0.0502. The zero-order valence-electron chi connectivity index (χ0n) is 9.81. The summed E-state index contributed by atoms with van der Waals surface area (Å²) in [4.78, 5) is 4.24. The molecule has 1 aliphatic carbocycles. The smallest absolute Gasteiger partial charge is 0.321 e. The number of anilines is 1. The Bertz CT molecular complexity index is 338. The van der Waals surface area contributed by atoms with E-state index in [1.54, 1.807) is 0 Å². The van der Waals surface area contributed by atoms with Gasteiger partial charge in [0.2, 0.25) is 0 Å². The van der Waals surface area contributed by atoms with E-state index in [9.17, 15) is 5.11 Å². The molecule has 5 nitrogen and oxygen atoms in total. The molecule has 1 heterocycles. The molecule has 2 rings (SSSR count). The maximum atomic E-state index is 9.79. The summed E-state index contributed by atoms with van der Waals surface area (Å²) in [7, 11) is 0. The van der Waals surface area contributed by atoms with Gasteiger partial charge >= 0.3 is 6.01 Å². The Morgan fingerprint density at radius 2 is 2.12 bits per heavy atom. The zero-order chi connectivity index (χ0) is 11.5. The molecule has 0 radical (unpaired) electrons. The van der Waals surface area contributed by atoms with Gasteiger partial charge in [0.05, 0.1) is 12.1 Å². The van der Waals surface area contributed by atoms with Crippen LogP contribution in [-0.4, -0.2) is 27.4 Å². The first-order chi connectivity index (χ1) is 7.66. The lowest BCUT2D eigenvalue weighted by Crippen LogP contribution is -2.36. The molecule has 0 amide bonds. The van der Waals surface area contributed by atoms with Crippen molar-refractivity contribution in [3.05, 3.63) is 5.82 Å². The Labute approximate surface area is 95.2 Å². The summed E-state index contributed by atoms with van der Waals surface area (Å²) in [5.41, 5.74) is 0. The molecule has 0 bridgehead atoms. The number of nitrogens with one attached hydrogen (secondary N) is 1. The Morgan fingerprint density at radius 1 is 1.38 bits per heavy atom. The van der Waals surface area contributed by atoms with Crippen LogP contribution in [0, 0.1) is 0 Å². The molecule has 0 aromatic carbocycles. The van der Waals surface area contributed by atoms with E-state index in [0.29, 0.717) is 11.8 Å². The number of aromatic nitrogens is 2. The lowest BCUT2D eigenvalue weighted by molar-refractivity contribution is 0.115. The van der Waals surface area contributed by atoms with Crippen molar-refractivity contribution < 1.29 is 9.63 Å². The first kappa shape index (κ1) is 11.4. The normalized spacial score (nSPS) is 26.0. The third kappa shape index (κ3) is 2.52. The van der Waals surface area contributed by atoms with Crippen LogP contribution in [0.1, 0.15) is 51.3 Å². The average Bonchev–Trinajstić information content (AvgIpc) is 2.70. The van der Waals surface area contributed by atoms with Crippen molar-refractivity contribution in [1.82, 2.24) is 10.1 Å². The SMILES string of the molecule is CC(C)c1noc(N[C@H]2CCCC[C@@H]2O)n1. The summed E-state index contributed by atoms with van der Waals surface area (Å²) in [5, 5.41) is 16.8. The van der Waals surface area contributed by atoms with E-state index < -0.39 is 0 Å². The predicted octanol–water partition coefficient (Wildman–Crippen LogP) is 1.91. The molecule has 1 aliphatic rings. The molecule has 0 saturated heterocycles. The summed E-state index contributed by atoms with van der Waals surface area (Å²) < 4.78 is 5.09. The Hall–Kier alpha value is -1.10. The van der Waals surface area contributed by atoms with E-state index in [2.05, 4.69) is 15.5 Å². The van der Waals surface area contributed by atoms with Crippen LogP contribution in [0.15, 0.2) is 4.52 Å². The number of hydrogen-bond acceptors (Lipinski definition) is 5. The predicted molar refractivity (Wildman–Crippen MR) is 60.3 cm³/mol. The fourth-order valence-corrected chi connectivity index (χ4v) is 1.97. The second-order valence-electron chi connectivity index (χ2n) is 4.72. The molecule has 1 fully saturated rings. The molecule has 1 aromatic heterocycles. The van der Waals surface area contributed by atoms with Gasteiger partial charge in [-0.25, -0.2) is 0 Å². The van der Waals surface area contributed by atoms with Gasteiger partial charge in [0, 0.05) is 5.92 Å². The van der Waals surface area contributed by atoms with Crippen molar-refractivity contribution in [3.8, 4) is 0 Å². The molecule has 5 heteroatoms. The summed E-state index contributed by atoms with van der Waals surface area (Å²) in [6, 6.07) is 0.476. The van der Waals surface area contributed by atoms with Crippen LogP contribution in [0.3, 0.4) is 0 Å². The average molecular weight is 225 g/mol. The summed E-state index contributed by atoms with van der Waals surface area (Å²) in [5.74, 6) is 0.961. The third-order valence-corrected chi connectivity index (χ3v) is 3.00. The number of hydrogen-bond donors (Lipinski definition) is 2. The van der Waals surface area contributed by atoms with Gasteiger partial charge in [-0.05, 0) is 12.8 Å². The molecule has 0 spiro atoms. The maximum absolute atomic E-state index is 9.79. The molecule has 2 N–H and O–H groups in total. The highest BCUT2D eigenvalue weighted by Crippen LogP contribution is 2.22. The lowest BCUT2D eigenvalue weighted by atomic mass is 9.93. The van der Waals surface area contributed by atoms with Crippen molar-refractivity contribution in [2.75, 3.05) is 5.32 Å². The Morgan fingerprint density at radius 3 is 2.75 bits per heavy atom. The maximum Gasteiger partial charge on any atom is 0.321 e. The lowest BCUT2D eigenvalue weighted by Gasteiger charge is -2.27.